The van der Waals surface area contributed by atoms with Crippen molar-refractivity contribution in [1.82, 2.24) is 10.6 Å². The zero-order valence-corrected chi connectivity index (χ0v) is 9.31. The Morgan fingerprint density at radius 1 is 1.50 bits per heavy atom. The largest absolute Gasteiger partial charge is 0.353 e. The minimum absolute atomic E-state index is 0.198. The van der Waals surface area contributed by atoms with Gasteiger partial charge >= 0.3 is 0 Å². The van der Waals surface area contributed by atoms with Crippen molar-refractivity contribution < 1.29 is 4.79 Å². The standard InChI is InChI=1S/C11H22N2O/c1-3-9(2)8-12-7-6-11(14)13-10-4-5-10/h9-10,12H,3-8H2,1-2H3,(H,13,14). The van der Waals surface area contributed by atoms with Gasteiger partial charge in [0.15, 0.2) is 0 Å². The van der Waals surface area contributed by atoms with Gasteiger partial charge in [-0.05, 0) is 25.3 Å². The van der Waals surface area contributed by atoms with Gasteiger partial charge in [0.25, 0.3) is 0 Å². The van der Waals surface area contributed by atoms with Gasteiger partial charge in [-0.15, -0.1) is 0 Å². The Balaban J connectivity index is 1.89. The summed E-state index contributed by atoms with van der Waals surface area (Å²) in [4.78, 5) is 11.3. The minimum Gasteiger partial charge on any atom is -0.353 e. The summed E-state index contributed by atoms with van der Waals surface area (Å²) in [5, 5.41) is 6.28. The third-order valence-electron chi connectivity index (χ3n) is 2.66. The van der Waals surface area contributed by atoms with Crippen LogP contribution >= 0.6 is 0 Å². The highest BCUT2D eigenvalue weighted by Crippen LogP contribution is 2.18. The molecule has 82 valence electrons. The number of nitrogens with one attached hydrogen (secondary N) is 2. The van der Waals surface area contributed by atoms with E-state index in [0.29, 0.717) is 18.4 Å². The second kappa shape index (κ2) is 6.02. The van der Waals surface area contributed by atoms with E-state index in [4.69, 9.17) is 0 Å². The highest BCUT2D eigenvalue weighted by Gasteiger charge is 2.22. The van der Waals surface area contributed by atoms with Crippen molar-refractivity contribution in [2.75, 3.05) is 13.1 Å². The second-order valence-electron chi connectivity index (χ2n) is 4.31. The first-order valence-corrected chi connectivity index (χ1v) is 5.72. The Bertz CT molecular complexity index is 178. The predicted molar refractivity (Wildman–Crippen MR) is 58.1 cm³/mol. The Morgan fingerprint density at radius 2 is 2.21 bits per heavy atom. The third-order valence-corrected chi connectivity index (χ3v) is 2.66. The zero-order valence-electron chi connectivity index (χ0n) is 9.31. The van der Waals surface area contributed by atoms with E-state index in [2.05, 4.69) is 24.5 Å². The third kappa shape index (κ3) is 5.22. The molecule has 3 heteroatoms. The Hall–Kier alpha value is -0.570. The molecule has 1 rings (SSSR count). The van der Waals surface area contributed by atoms with Crippen molar-refractivity contribution in [1.29, 1.82) is 0 Å². The van der Waals surface area contributed by atoms with Crippen LogP contribution in [0.5, 0.6) is 0 Å². The average molecular weight is 198 g/mol. The van der Waals surface area contributed by atoms with Crippen molar-refractivity contribution in [2.45, 2.75) is 45.6 Å². The van der Waals surface area contributed by atoms with E-state index in [1.807, 2.05) is 0 Å². The number of rotatable bonds is 7. The van der Waals surface area contributed by atoms with Crippen LogP contribution in [0.3, 0.4) is 0 Å². The summed E-state index contributed by atoms with van der Waals surface area (Å²) in [7, 11) is 0. The molecule has 0 radical (unpaired) electrons. The molecule has 0 aromatic heterocycles. The zero-order chi connectivity index (χ0) is 10.4. The Labute approximate surface area is 86.6 Å². The second-order valence-corrected chi connectivity index (χ2v) is 4.31. The number of carbonyl (C=O) groups excluding carboxylic acids is 1. The van der Waals surface area contributed by atoms with Crippen molar-refractivity contribution >= 4 is 5.91 Å². The lowest BCUT2D eigenvalue weighted by Crippen LogP contribution is -2.30. The first-order chi connectivity index (χ1) is 6.72. The van der Waals surface area contributed by atoms with Crippen LogP contribution in [0.2, 0.25) is 0 Å². The van der Waals surface area contributed by atoms with Gasteiger partial charge in [0.05, 0.1) is 0 Å². The summed E-state index contributed by atoms with van der Waals surface area (Å²) in [6, 6.07) is 0.497. The van der Waals surface area contributed by atoms with E-state index >= 15 is 0 Å². The van der Waals surface area contributed by atoms with E-state index in [-0.39, 0.29) is 5.91 Å². The fraction of sp³-hybridized carbons (Fsp3) is 0.909. The van der Waals surface area contributed by atoms with Crippen molar-refractivity contribution in [3.8, 4) is 0 Å². The lowest BCUT2D eigenvalue weighted by molar-refractivity contribution is -0.121. The van der Waals surface area contributed by atoms with E-state index in [1.165, 1.54) is 19.3 Å². The van der Waals surface area contributed by atoms with Crippen LogP contribution in [-0.2, 0) is 4.79 Å². The molecule has 1 unspecified atom stereocenters. The highest BCUT2D eigenvalue weighted by atomic mass is 16.1. The van der Waals surface area contributed by atoms with E-state index < -0.39 is 0 Å². The van der Waals surface area contributed by atoms with Crippen LogP contribution in [0.15, 0.2) is 0 Å². The topological polar surface area (TPSA) is 41.1 Å². The van der Waals surface area contributed by atoms with E-state index in [9.17, 15) is 4.79 Å². The maximum absolute atomic E-state index is 11.3. The van der Waals surface area contributed by atoms with Crippen LogP contribution in [-0.4, -0.2) is 25.0 Å². The summed E-state index contributed by atoms with van der Waals surface area (Å²) >= 11 is 0. The summed E-state index contributed by atoms with van der Waals surface area (Å²) in [5.41, 5.74) is 0. The smallest absolute Gasteiger partial charge is 0.221 e. The lowest BCUT2D eigenvalue weighted by Gasteiger charge is -2.09. The van der Waals surface area contributed by atoms with Gasteiger partial charge in [-0.2, -0.15) is 0 Å². The van der Waals surface area contributed by atoms with E-state index in [0.717, 1.165) is 13.1 Å². The molecule has 1 aliphatic rings. The maximum Gasteiger partial charge on any atom is 0.221 e. The fourth-order valence-electron chi connectivity index (χ4n) is 1.22. The molecule has 0 aliphatic heterocycles. The van der Waals surface area contributed by atoms with Crippen LogP contribution in [0.4, 0.5) is 0 Å². The van der Waals surface area contributed by atoms with Gasteiger partial charge in [-0.1, -0.05) is 20.3 Å². The Kier molecular flexibility index (Phi) is 4.94. The van der Waals surface area contributed by atoms with Gasteiger partial charge in [0.2, 0.25) is 5.91 Å². The quantitative estimate of drug-likeness (QED) is 0.605. The normalized spacial score (nSPS) is 17.9. The Morgan fingerprint density at radius 3 is 2.79 bits per heavy atom. The van der Waals surface area contributed by atoms with Crippen molar-refractivity contribution in [3.05, 3.63) is 0 Å². The number of carbonyl (C=O) groups is 1. The molecule has 0 aromatic rings. The molecule has 1 fully saturated rings. The van der Waals surface area contributed by atoms with Crippen LogP contribution in [0, 0.1) is 5.92 Å². The molecule has 1 saturated carbocycles. The summed E-state index contributed by atoms with van der Waals surface area (Å²) in [6.07, 6.45) is 4.16. The van der Waals surface area contributed by atoms with Crippen LogP contribution < -0.4 is 10.6 Å². The summed E-state index contributed by atoms with van der Waals surface area (Å²) < 4.78 is 0. The lowest BCUT2D eigenvalue weighted by atomic mass is 10.1. The first-order valence-electron chi connectivity index (χ1n) is 5.72. The summed E-state index contributed by atoms with van der Waals surface area (Å²) in [5.74, 6) is 0.908. The SMILES string of the molecule is CCC(C)CNCCC(=O)NC1CC1. The molecule has 1 atom stereocenters. The molecule has 0 spiro atoms. The molecule has 0 heterocycles. The molecule has 0 aromatic carbocycles. The number of hydrogen-bond acceptors (Lipinski definition) is 2. The number of amides is 1. The number of hydrogen-bond donors (Lipinski definition) is 2. The predicted octanol–water partition coefficient (Wildman–Crippen LogP) is 1.29. The van der Waals surface area contributed by atoms with E-state index in [1.54, 1.807) is 0 Å². The fourth-order valence-corrected chi connectivity index (χ4v) is 1.22. The average Bonchev–Trinajstić information content (AvgIpc) is 2.95. The van der Waals surface area contributed by atoms with Crippen LogP contribution in [0.1, 0.15) is 39.5 Å². The molecule has 0 bridgehead atoms. The molecular formula is C11H22N2O. The van der Waals surface area contributed by atoms with Gasteiger partial charge in [-0.25, -0.2) is 0 Å². The van der Waals surface area contributed by atoms with Crippen LogP contribution in [0.25, 0.3) is 0 Å². The monoisotopic (exact) mass is 198 g/mol. The molecule has 1 amide bonds. The minimum atomic E-state index is 0.198. The van der Waals surface area contributed by atoms with Gasteiger partial charge < -0.3 is 10.6 Å². The van der Waals surface area contributed by atoms with Crippen molar-refractivity contribution in [2.24, 2.45) is 5.92 Å². The molecule has 14 heavy (non-hydrogen) atoms. The van der Waals surface area contributed by atoms with Gasteiger partial charge in [-0.3, -0.25) is 4.79 Å². The maximum atomic E-state index is 11.3. The highest BCUT2D eigenvalue weighted by molar-refractivity contribution is 5.76. The van der Waals surface area contributed by atoms with Gasteiger partial charge in [0.1, 0.15) is 0 Å². The molecule has 2 N–H and O–H groups in total. The molecule has 3 nitrogen and oxygen atoms in total. The van der Waals surface area contributed by atoms with Crippen molar-refractivity contribution in [3.63, 3.8) is 0 Å². The molecular weight excluding hydrogens is 176 g/mol. The van der Waals surface area contributed by atoms with Gasteiger partial charge in [0, 0.05) is 19.0 Å². The first kappa shape index (κ1) is 11.5. The summed E-state index contributed by atoms with van der Waals surface area (Å²) in [6.45, 7) is 6.24. The molecule has 1 aliphatic carbocycles. The molecule has 0 saturated heterocycles.